The van der Waals surface area contributed by atoms with Gasteiger partial charge in [0.25, 0.3) is 5.91 Å². The molecule has 13 heteroatoms. The van der Waals surface area contributed by atoms with E-state index in [0.717, 1.165) is 5.56 Å². The van der Waals surface area contributed by atoms with Gasteiger partial charge >= 0.3 is 6.09 Å². The van der Waals surface area contributed by atoms with Gasteiger partial charge < -0.3 is 44.3 Å². The van der Waals surface area contributed by atoms with Crippen LogP contribution in [0.4, 0.5) is 10.5 Å². The number of methoxy groups -OCH3 is 2. The fourth-order valence-corrected chi connectivity index (χ4v) is 4.20. The van der Waals surface area contributed by atoms with E-state index in [-0.39, 0.29) is 28.7 Å². The van der Waals surface area contributed by atoms with Crippen molar-refractivity contribution in [1.82, 2.24) is 5.32 Å². The van der Waals surface area contributed by atoms with Crippen molar-refractivity contribution in [2.24, 2.45) is 0 Å². The van der Waals surface area contributed by atoms with Gasteiger partial charge in [0.05, 0.1) is 24.3 Å². The predicted molar refractivity (Wildman–Crippen MR) is 145 cm³/mol. The van der Waals surface area contributed by atoms with Crippen LogP contribution >= 0.6 is 11.6 Å². The van der Waals surface area contributed by atoms with Gasteiger partial charge in [-0.15, -0.1) is 0 Å². The largest absolute Gasteiger partial charge is 0.496 e. The molecule has 5 atom stereocenters. The van der Waals surface area contributed by atoms with Gasteiger partial charge in [-0.05, 0) is 44.5 Å². The molecule has 0 radical (unpaired) electrons. The topological polar surface area (TPSA) is 165 Å². The normalized spacial score (nSPS) is 22.8. The lowest BCUT2D eigenvalue weighted by molar-refractivity contribution is -0.261. The van der Waals surface area contributed by atoms with Crippen molar-refractivity contribution in [3.05, 3.63) is 52.5 Å². The van der Waals surface area contributed by atoms with E-state index in [0.29, 0.717) is 5.69 Å². The maximum Gasteiger partial charge on any atom is 0.412 e. The highest BCUT2D eigenvalue weighted by Crippen LogP contribution is 2.34. The van der Waals surface area contributed by atoms with Gasteiger partial charge in [0.15, 0.2) is 6.29 Å². The molecule has 3 rings (SSSR count). The molecule has 0 aliphatic carbocycles. The summed E-state index contributed by atoms with van der Waals surface area (Å²) in [5.74, 6) is -0.320. The average Bonchev–Trinajstić information content (AvgIpc) is 2.89. The Bertz CT molecular complexity index is 1190. The molecule has 1 aliphatic rings. The zero-order valence-corrected chi connectivity index (χ0v) is 23.6. The second-order valence-electron chi connectivity index (χ2n) is 10.0. The molecule has 12 nitrogen and oxygen atoms in total. The van der Waals surface area contributed by atoms with E-state index in [1.54, 1.807) is 45.0 Å². The molecular weight excluding hydrogens is 548 g/mol. The number of carbonyl (C=O) groups excluding carboxylic acids is 2. The summed E-state index contributed by atoms with van der Waals surface area (Å²) in [6.45, 7) is 4.85. The number of anilines is 1. The van der Waals surface area contributed by atoms with Gasteiger partial charge in [0.1, 0.15) is 48.1 Å². The standard InChI is InChI=1S/C27H35ClN2O10/c1-27(2,3)40-26(35)29-15-8-6-7-14(9-15)13-38-19-11-18(36-4)16(10-17(19)28)24(34)30-21-23(33)22(32)20(12-31)39-25(21)37-5/h6-11,20-23,25,31-33H,12-13H2,1-5H3,(H,29,35)(H,30,34)/t20-,21-,22-,23-,25+/m1/s1. The predicted octanol–water partition coefficient (Wildman–Crippen LogP) is 2.46. The number of hydrogen-bond donors (Lipinski definition) is 5. The highest BCUT2D eigenvalue weighted by molar-refractivity contribution is 6.32. The van der Waals surface area contributed by atoms with Crippen molar-refractivity contribution >= 4 is 29.3 Å². The van der Waals surface area contributed by atoms with Crippen LogP contribution in [-0.2, 0) is 20.8 Å². The molecule has 0 spiro atoms. The molecule has 2 amide bonds. The van der Waals surface area contributed by atoms with Crippen molar-refractivity contribution in [2.75, 3.05) is 26.1 Å². The van der Waals surface area contributed by atoms with E-state index >= 15 is 0 Å². The second kappa shape index (κ2) is 13.5. The van der Waals surface area contributed by atoms with Crippen LogP contribution in [0.2, 0.25) is 5.02 Å². The second-order valence-corrected chi connectivity index (χ2v) is 10.4. The van der Waals surface area contributed by atoms with E-state index in [4.69, 9.17) is 35.3 Å². The molecule has 0 saturated carbocycles. The lowest BCUT2D eigenvalue weighted by Crippen LogP contribution is -2.64. The SMILES string of the molecule is COc1cc(OCc2cccc(NC(=O)OC(C)(C)C)c2)c(Cl)cc1C(=O)N[C@H]1[C@@H](OC)O[C@H](CO)[C@@H](O)[C@@H]1O. The summed E-state index contributed by atoms with van der Waals surface area (Å²) in [7, 11) is 2.66. The number of nitrogens with one attached hydrogen (secondary N) is 2. The first-order chi connectivity index (χ1) is 18.9. The summed E-state index contributed by atoms with van der Waals surface area (Å²) < 4.78 is 27.1. The van der Waals surface area contributed by atoms with Gasteiger partial charge in [-0.3, -0.25) is 10.1 Å². The van der Waals surface area contributed by atoms with Crippen molar-refractivity contribution < 1.29 is 48.6 Å². The van der Waals surface area contributed by atoms with Crippen LogP contribution in [0.5, 0.6) is 11.5 Å². The zero-order valence-electron chi connectivity index (χ0n) is 22.8. The molecule has 1 heterocycles. The molecule has 1 fully saturated rings. The molecule has 40 heavy (non-hydrogen) atoms. The quantitative estimate of drug-likeness (QED) is 0.296. The van der Waals surface area contributed by atoms with Crippen LogP contribution in [-0.4, -0.2) is 84.4 Å². The fraction of sp³-hybridized carbons (Fsp3) is 0.481. The van der Waals surface area contributed by atoms with Gasteiger partial charge in [0.2, 0.25) is 0 Å². The monoisotopic (exact) mass is 582 g/mol. The molecule has 0 bridgehead atoms. The van der Waals surface area contributed by atoms with Crippen LogP contribution in [0.3, 0.4) is 0 Å². The average molecular weight is 583 g/mol. The zero-order chi connectivity index (χ0) is 29.6. The van der Waals surface area contributed by atoms with Gasteiger partial charge in [-0.25, -0.2) is 4.79 Å². The minimum Gasteiger partial charge on any atom is -0.496 e. The number of aliphatic hydroxyl groups excluding tert-OH is 3. The van der Waals surface area contributed by atoms with E-state index in [1.165, 1.54) is 26.4 Å². The van der Waals surface area contributed by atoms with Gasteiger partial charge in [0, 0.05) is 18.9 Å². The Kier molecular flexibility index (Phi) is 10.6. The van der Waals surface area contributed by atoms with E-state index in [1.807, 2.05) is 0 Å². The molecular formula is C27H35ClN2O10. The number of aliphatic hydroxyl groups is 3. The fourth-order valence-electron chi connectivity index (χ4n) is 3.98. The van der Waals surface area contributed by atoms with Crippen molar-refractivity contribution in [3.63, 3.8) is 0 Å². The molecule has 2 aromatic carbocycles. The number of benzene rings is 2. The summed E-state index contributed by atoms with van der Waals surface area (Å²) in [5.41, 5.74) is 0.639. The molecule has 2 aromatic rings. The highest BCUT2D eigenvalue weighted by Gasteiger charge is 2.45. The molecule has 1 aliphatic heterocycles. The number of ether oxygens (including phenoxy) is 5. The van der Waals surface area contributed by atoms with Crippen LogP contribution in [0.25, 0.3) is 0 Å². The lowest BCUT2D eigenvalue weighted by atomic mass is 9.96. The van der Waals surface area contributed by atoms with Crippen LogP contribution < -0.4 is 20.1 Å². The van der Waals surface area contributed by atoms with E-state index in [2.05, 4.69) is 10.6 Å². The maximum atomic E-state index is 13.1. The summed E-state index contributed by atoms with van der Waals surface area (Å²) in [6.07, 6.45) is -5.74. The number of hydrogen-bond acceptors (Lipinski definition) is 10. The van der Waals surface area contributed by atoms with E-state index in [9.17, 15) is 24.9 Å². The number of carbonyl (C=O) groups is 2. The summed E-state index contributed by atoms with van der Waals surface area (Å²) in [6, 6.07) is 8.61. The number of amides is 2. The maximum absolute atomic E-state index is 13.1. The third kappa shape index (κ3) is 7.96. The first-order valence-electron chi connectivity index (χ1n) is 12.4. The number of halogens is 1. The Balaban J connectivity index is 1.71. The van der Waals surface area contributed by atoms with Crippen molar-refractivity contribution in [1.29, 1.82) is 0 Å². The van der Waals surface area contributed by atoms with E-state index < -0.39 is 54.9 Å². The Morgan fingerprint density at radius 2 is 1.80 bits per heavy atom. The molecule has 5 N–H and O–H groups in total. The Labute approximate surface area is 237 Å². The smallest absolute Gasteiger partial charge is 0.412 e. The molecule has 0 unspecified atom stereocenters. The molecule has 1 saturated heterocycles. The van der Waals surface area contributed by atoms with Crippen molar-refractivity contribution in [2.45, 2.75) is 63.6 Å². The highest BCUT2D eigenvalue weighted by atomic mass is 35.5. The summed E-state index contributed by atoms with van der Waals surface area (Å²) in [4.78, 5) is 25.2. The van der Waals surface area contributed by atoms with Gasteiger partial charge in [-0.1, -0.05) is 23.7 Å². The minimum atomic E-state index is -1.48. The first kappa shape index (κ1) is 31.4. The van der Waals surface area contributed by atoms with Crippen LogP contribution in [0.15, 0.2) is 36.4 Å². The molecule has 220 valence electrons. The van der Waals surface area contributed by atoms with Gasteiger partial charge in [-0.2, -0.15) is 0 Å². The molecule has 0 aromatic heterocycles. The Hall–Kier alpha value is -3.13. The minimum absolute atomic E-state index is 0.0317. The van der Waals surface area contributed by atoms with Crippen molar-refractivity contribution in [3.8, 4) is 11.5 Å². The number of rotatable bonds is 9. The third-order valence-electron chi connectivity index (χ3n) is 5.88. The van der Waals surface area contributed by atoms with Crippen LogP contribution in [0.1, 0.15) is 36.7 Å². The lowest BCUT2D eigenvalue weighted by Gasteiger charge is -2.41. The summed E-state index contributed by atoms with van der Waals surface area (Å²) in [5, 5.41) is 35.4. The third-order valence-corrected chi connectivity index (χ3v) is 6.17. The Morgan fingerprint density at radius 1 is 1.07 bits per heavy atom. The Morgan fingerprint density at radius 3 is 2.42 bits per heavy atom. The summed E-state index contributed by atoms with van der Waals surface area (Å²) >= 11 is 6.42. The first-order valence-corrected chi connectivity index (χ1v) is 12.8. The van der Waals surface area contributed by atoms with Crippen LogP contribution in [0, 0.1) is 0 Å².